The fraction of sp³-hybridized carbons (Fsp3) is 0.0769. The van der Waals surface area contributed by atoms with Gasteiger partial charge >= 0.3 is 6.18 Å². The lowest BCUT2D eigenvalue weighted by atomic mass is 10.2. The van der Waals surface area contributed by atoms with Crippen molar-refractivity contribution in [2.45, 2.75) is 6.18 Å². The van der Waals surface area contributed by atoms with Crippen molar-refractivity contribution in [1.82, 2.24) is 4.98 Å². The van der Waals surface area contributed by atoms with Crippen LogP contribution >= 0.6 is 11.6 Å². The average molecular weight is 319 g/mol. The Balaban J connectivity index is 2.26. The normalized spacial score (nSPS) is 11.3. The molecule has 21 heavy (non-hydrogen) atoms. The first-order valence-corrected chi connectivity index (χ1v) is 5.95. The number of carbonyl (C=O) groups excluding carboxylic acids is 1. The highest BCUT2D eigenvalue weighted by Crippen LogP contribution is 2.30. The van der Waals surface area contributed by atoms with Gasteiger partial charge in [-0.05, 0) is 24.3 Å². The van der Waals surface area contributed by atoms with Gasteiger partial charge in [0.25, 0.3) is 5.91 Å². The largest absolute Gasteiger partial charge is 0.416 e. The molecule has 0 aliphatic heterocycles. The first-order valence-electron chi connectivity index (χ1n) is 5.57. The van der Waals surface area contributed by atoms with E-state index in [4.69, 9.17) is 11.6 Å². The summed E-state index contributed by atoms with van der Waals surface area (Å²) in [5, 5.41) is 1.96. The number of nitrogens with one attached hydrogen (secondary N) is 1. The van der Waals surface area contributed by atoms with Crippen LogP contribution in [0.15, 0.2) is 36.5 Å². The topological polar surface area (TPSA) is 42.0 Å². The molecule has 0 radical (unpaired) electrons. The first-order chi connectivity index (χ1) is 9.77. The Morgan fingerprint density at radius 2 is 1.95 bits per heavy atom. The molecular weight excluding hydrogens is 312 g/mol. The summed E-state index contributed by atoms with van der Waals surface area (Å²) >= 11 is 5.64. The minimum absolute atomic E-state index is 0.0878. The summed E-state index contributed by atoms with van der Waals surface area (Å²) in [4.78, 5) is 15.3. The molecule has 8 heteroatoms. The van der Waals surface area contributed by atoms with E-state index >= 15 is 0 Å². The van der Waals surface area contributed by atoms with Gasteiger partial charge in [0.05, 0.1) is 17.3 Å². The smallest absolute Gasteiger partial charge is 0.322 e. The van der Waals surface area contributed by atoms with E-state index in [2.05, 4.69) is 10.3 Å². The van der Waals surface area contributed by atoms with Crippen molar-refractivity contribution < 1.29 is 22.4 Å². The molecule has 0 unspecified atom stereocenters. The van der Waals surface area contributed by atoms with Gasteiger partial charge in [-0.2, -0.15) is 13.2 Å². The number of rotatable bonds is 2. The first kappa shape index (κ1) is 15.2. The van der Waals surface area contributed by atoms with Crippen LogP contribution in [-0.4, -0.2) is 10.9 Å². The number of amides is 1. The molecule has 2 aromatic rings. The Kier molecular flexibility index (Phi) is 4.13. The van der Waals surface area contributed by atoms with Crippen LogP contribution in [0.4, 0.5) is 23.2 Å². The summed E-state index contributed by atoms with van der Waals surface area (Å²) in [6.07, 6.45) is -3.71. The minimum Gasteiger partial charge on any atom is -0.322 e. The molecule has 0 saturated carbocycles. The minimum atomic E-state index is -4.53. The molecule has 0 aliphatic rings. The van der Waals surface area contributed by atoms with Crippen molar-refractivity contribution in [2.75, 3.05) is 5.32 Å². The van der Waals surface area contributed by atoms with Crippen LogP contribution in [0.5, 0.6) is 0 Å². The lowest BCUT2D eigenvalue weighted by molar-refractivity contribution is -0.137. The molecule has 0 aliphatic carbocycles. The maximum Gasteiger partial charge on any atom is 0.416 e. The van der Waals surface area contributed by atoms with E-state index in [-0.39, 0.29) is 16.4 Å². The van der Waals surface area contributed by atoms with Gasteiger partial charge in [0, 0.05) is 5.69 Å². The summed E-state index contributed by atoms with van der Waals surface area (Å²) in [5.74, 6) is -1.64. The molecule has 0 atom stereocenters. The lowest BCUT2D eigenvalue weighted by Gasteiger charge is -2.10. The monoisotopic (exact) mass is 318 g/mol. The van der Waals surface area contributed by atoms with Crippen LogP contribution in [0.25, 0.3) is 0 Å². The molecule has 1 N–H and O–H groups in total. The Labute approximate surface area is 121 Å². The van der Waals surface area contributed by atoms with E-state index in [0.717, 1.165) is 30.5 Å². The number of benzene rings is 1. The Morgan fingerprint density at radius 3 is 2.62 bits per heavy atom. The highest BCUT2D eigenvalue weighted by Gasteiger charge is 2.30. The van der Waals surface area contributed by atoms with Crippen molar-refractivity contribution in [3.05, 3.63) is 58.6 Å². The van der Waals surface area contributed by atoms with Gasteiger partial charge in [0.1, 0.15) is 11.0 Å². The molecule has 0 spiro atoms. The third-order valence-corrected chi connectivity index (χ3v) is 2.80. The predicted molar refractivity (Wildman–Crippen MR) is 68.6 cm³/mol. The molecule has 1 aromatic heterocycles. The number of nitrogens with zero attached hydrogens (tertiary/aromatic N) is 1. The van der Waals surface area contributed by atoms with E-state index in [1.807, 2.05) is 0 Å². The second-order valence-corrected chi connectivity index (χ2v) is 4.38. The van der Waals surface area contributed by atoms with E-state index in [0.29, 0.717) is 0 Å². The van der Waals surface area contributed by atoms with E-state index in [1.54, 1.807) is 0 Å². The quantitative estimate of drug-likeness (QED) is 0.668. The second-order valence-electron chi connectivity index (χ2n) is 4.02. The number of anilines is 1. The van der Waals surface area contributed by atoms with E-state index < -0.39 is 23.5 Å². The van der Waals surface area contributed by atoms with Gasteiger partial charge in [-0.1, -0.05) is 17.7 Å². The Hall–Kier alpha value is -2.15. The number of hydrogen-bond acceptors (Lipinski definition) is 2. The number of pyridine rings is 1. The fourth-order valence-corrected chi connectivity index (χ4v) is 1.74. The van der Waals surface area contributed by atoms with Crippen LogP contribution in [0.3, 0.4) is 0 Å². The zero-order valence-electron chi connectivity index (χ0n) is 10.2. The number of halogens is 5. The van der Waals surface area contributed by atoms with Gasteiger partial charge in [0.2, 0.25) is 0 Å². The third kappa shape index (κ3) is 3.69. The average Bonchev–Trinajstić information content (AvgIpc) is 2.41. The van der Waals surface area contributed by atoms with Gasteiger partial charge in [-0.15, -0.1) is 0 Å². The van der Waals surface area contributed by atoms with E-state index in [1.165, 1.54) is 6.07 Å². The number of alkyl halides is 3. The molecule has 1 amide bonds. The Bertz CT molecular complexity index is 688. The SMILES string of the molecule is O=C(Nc1cccc(C(F)(F)F)c1)c1cc(F)cnc1Cl. The number of carbonyl (C=O) groups is 1. The van der Waals surface area contributed by atoms with Crippen LogP contribution in [0, 0.1) is 5.82 Å². The van der Waals surface area contributed by atoms with E-state index in [9.17, 15) is 22.4 Å². The molecule has 0 bridgehead atoms. The van der Waals surface area contributed by atoms with Gasteiger partial charge in [0.15, 0.2) is 0 Å². The van der Waals surface area contributed by atoms with Crippen molar-refractivity contribution in [3.8, 4) is 0 Å². The van der Waals surface area contributed by atoms with Crippen LogP contribution < -0.4 is 5.32 Å². The molecule has 2 rings (SSSR count). The number of hydrogen-bond donors (Lipinski definition) is 1. The number of aromatic nitrogens is 1. The fourth-order valence-electron chi connectivity index (χ4n) is 1.55. The molecular formula is C13H7ClF4N2O. The van der Waals surface area contributed by atoms with Crippen LogP contribution in [-0.2, 0) is 6.18 Å². The summed E-state index contributed by atoms with van der Waals surface area (Å²) in [6, 6.07) is 4.89. The molecule has 0 saturated heterocycles. The van der Waals surface area contributed by atoms with Gasteiger partial charge in [-0.25, -0.2) is 9.37 Å². The maximum absolute atomic E-state index is 13.0. The molecule has 0 fully saturated rings. The molecule has 1 heterocycles. The summed E-state index contributed by atoms with van der Waals surface area (Å²) in [5.41, 5.74) is -1.27. The van der Waals surface area contributed by atoms with Crippen LogP contribution in [0.2, 0.25) is 5.15 Å². The highest BCUT2D eigenvalue weighted by atomic mass is 35.5. The molecule has 3 nitrogen and oxygen atoms in total. The molecule has 1 aromatic carbocycles. The highest BCUT2D eigenvalue weighted by molar-refractivity contribution is 6.33. The predicted octanol–water partition coefficient (Wildman–Crippen LogP) is 4.15. The second kappa shape index (κ2) is 5.69. The van der Waals surface area contributed by atoms with Gasteiger partial charge in [-0.3, -0.25) is 4.79 Å². The lowest BCUT2D eigenvalue weighted by Crippen LogP contribution is -2.14. The zero-order chi connectivity index (χ0) is 15.6. The van der Waals surface area contributed by atoms with Crippen molar-refractivity contribution in [1.29, 1.82) is 0 Å². The zero-order valence-corrected chi connectivity index (χ0v) is 11.0. The summed E-state index contributed by atoms with van der Waals surface area (Å²) < 4.78 is 50.7. The van der Waals surface area contributed by atoms with Crippen molar-refractivity contribution >= 4 is 23.2 Å². The van der Waals surface area contributed by atoms with Crippen molar-refractivity contribution in [3.63, 3.8) is 0 Å². The molecule has 110 valence electrons. The standard InChI is InChI=1S/C13H7ClF4N2O/c14-11-10(5-8(15)6-19-11)12(21)20-9-3-1-2-7(4-9)13(16,17)18/h1-6H,(H,20,21). The van der Waals surface area contributed by atoms with Gasteiger partial charge < -0.3 is 5.32 Å². The van der Waals surface area contributed by atoms with Crippen LogP contribution in [0.1, 0.15) is 15.9 Å². The summed E-state index contributed by atoms with van der Waals surface area (Å²) in [6.45, 7) is 0. The Morgan fingerprint density at radius 1 is 1.24 bits per heavy atom. The summed E-state index contributed by atoms with van der Waals surface area (Å²) in [7, 11) is 0. The maximum atomic E-state index is 13.0. The third-order valence-electron chi connectivity index (χ3n) is 2.50. The van der Waals surface area contributed by atoms with Crippen molar-refractivity contribution in [2.24, 2.45) is 0 Å².